The minimum atomic E-state index is -0.558. The van der Waals surface area contributed by atoms with E-state index in [0.29, 0.717) is 11.8 Å². The van der Waals surface area contributed by atoms with Gasteiger partial charge in [0.05, 0.1) is 5.60 Å². The fourth-order valence-corrected chi connectivity index (χ4v) is 3.79. The van der Waals surface area contributed by atoms with Gasteiger partial charge in [-0.1, -0.05) is 48.5 Å². The van der Waals surface area contributed by atoms with Crippen LogP contribution >= 0.6 is 0 Å². The Hall–Kier alpha value is -0.0400. The second kappa shape index (κ2) is 3.48. The van der Waals surface area contributed by atoms with E-state index in [1.807, 2.05) is 0 Å². The van der Waals surface area contributed by atoms with Gasteiger partial charge in [-0.15, -0.1) is 0 Å². The molecular formula is C14H28O. The summed E-state index contributed by atoms with van der Waals surface area (Å²) in [7, 11) is 0. The zero-order valence-corrected chi connectivity index (χ0v) is 11.5. The lowest BCUT2D eigenvalue weighted by Gasteiger charge is -2.60. The maximum absolute atomic E-state index is 11.2. The molecule has 1 heteroatoms. The van der Waals surface area contributed by atoms with Crippen molar-refractivity contribution < 1.29 is 5.11 Å². The Bertz CT molecular complexity index is 236. The van der Waals surface area contributed by atoms with E-state index in [1.54, 1.807) is 0 Å². The van der Waals surface area contributed by atoms with Crippen LogP contribution in [0.25, 0.3) is 0 Å². The molecule has 90 valence electrons. The van der Waals surface area contributed by atoms with Crippen molar-refractivity contribution in [2.45, 2.75) is 66.9 Å². The van der Waals surface area contributed by atoms with Gasteiger partial charge < -0.3 is 5.11 Å². The molecule has 3 unspecified atom stereocenters. The molecule has 1 saturated carbocycles. The minimum absolute atomic E-state index is 0.00289. The highest BCUT2D eigenvalue weighted by Crippen LogP contribution is 2.57. The lowest BCUT2D eigenvalue weighted by Crippen LogP contribution is -2.62. The summed E-state index contributed by atoms with van der Waals surface area (Å²) in [5.41, 5.74) is -0.606. The largest absolute Gasteiger partial charge is 0.388 e. The van der Waals surface area contributed by atoms with E-state index in [4.69, 9.17) is 0 Å². The molecule has 1 fully saturated rings. The summed E-state index contributed by atoms with van der Waals surface area (Å²) in [6.45, 7) is 15.5. The molecule has 0 spiro atoms. The van der Waals surface area contributed by atoms with Crippen molar-refractivity contribution in [2.24, 2.45) is 22.7 Å². The SMILES string of the molecule is CC1CCC(C)C(O)(C(C)(C)C)C1(C)C. The van der Waals surface area contributed by atoms with Crippen molar-refractivity contribution in [3.8, 4) is 0 Å². The predicted octanol–water partition coefficient (Wildman–Crippen LogP) is 3.86. The van der Waals surface area contributed by atoms with Gasteiger partial charge in [0.25, 0.3) is 0 Å². The van der Waals surface area contributed by atoms with E-state index < -0.39 is 5.60 Å². The van der Waals surface area contributed by atoms with Crippen molar-refractivity contribution >= 4 is 0 Å². The number of hydrogen-bond donors (Lipinski definition) is 1. The molecule has 0 aromatic heterocycles. The van der Waals surface area contributed by atoms with E-state index in [2.05, 4.69) is 48.5 Å². The number of hydrogen-bond acceptors (Lipinski definition) is 1. The molecule has 1 aliphatic carbocycles. The summed E-state index contributed by atoms with van der Waals surface area (Å²) in [5, 5.41) is 11.2. The summed E-state index contributed by atoms with van der Waals surface area (Å²) in [6, 6.07) is 0. The topological polar surface area (TPSA) is 20.2 Å². The molecule has 0 heterocycles. The van der Waals surface area contributed by atoms with Gasteiger partial charge >= 0.3 is 0 Å². The predicted molar refractivity (Wildman–Crippen MR) is 65.7 cm³/mol. The van der Waals surface area contributed by atoms with Crippen molar-refractivity contribution in [2.75, 3.05) is 0 Å². The fourth-order valence-electron chi connectivity index (χ4n) is 3.79. The Kier molecular flexibility index (Phi) is 3.02. The van der Waals surface area contributed by atoms with E-state index in [1.165, 1.54) is 6.42 Å². The van der Waals surface area contributed by atoms with Gasteiger partial charge in [0.15, 0.2) is 0 Å². The van der Waals surface area contributed by atoms with Gasteiger partial charge in [-0.25, -0.2) is 0 Å². The third-order valence-electron chi connectivity index (χ3n) is 5.10. The Labute approximate surface area is 95.3 Å². The van der Waals surface area contributed by atoms with Crippen LogP contribution in [0.15, 0.2) is 0 Å². The highest BCUT2D eigenvalue weighted by Gasteiger charge is 2.58. The smallest absolute Gasteiger partial charge is 0.0774 e. The fraction of sp³-hybridized carbons (Fsp3) is 1.00. The average Bonchev–Trinajstić information content (AvgIpc) is 2.07. The van der Waals surface area contributed by atoms with Crippen LogP contribution in [0.2, 0.25) is 0 Å². The zero-order valence-electron chi connectivity index (χ0n) is 11.5. The van der Waals surface area contributed by atoms with Crippen LogP contribution in [0.1, 0.15) is 61.3 Å². The first-order chi connectivity index (χ1) is 6.55. The molecule has 1 N–H and O–H groups in total. The van der Waals surface area contributed by atoms with Gasteiger partial charge in [-0.3, -0.25) is 0 Å². The van der Waals surface area contributed by atoms with E-state index in [-0.39, 0.29) is 10.8 Å². The molecule has 3 atom stereocenters. The summed E-state index contributed by atoms with van der Waals surface area (Å²) in [6.07, 6.45) is 2.39. The first-order valence-corrected chi connectivity index (χ1v) is 6.27. The Morgan fingerprint density at radius 1 is 1.00 bits per heavy atom. The first-order valence-electron chi connectivity index (χ1n) is 6.27. The van der Waals surface area contributed by atoms with Crippen LogP contribution in [0.3, 0.4) is 0 Å². The van der Waals surface area contributed by atoms with Gasteiger partial charge in [-0.2, -0.15) is 0 Å². The van der Waals surface area contributed by atoms with Crippen molar-refractivity contribution in [1.82, 2.24) is 0 Å². The van der Waals surface area contributed by atoms with Crippen LogP contribution in [0.5, 0.6) is 0 Å². The molecule has 0 amide bonds. The van der Waals surface area contributed by atoms with Crippen molar-refractivity contribution in [3.63, 3.8) is 0 Å². The van der Waals surface area contributed by atoms with Crippen LogP contribution in [0.4, 0.5) is 0 Å². The maximum atomic E-state index is 11.2. The summed E-state index contributed by atoms with van der Waals surface area (Å²) in [5.74, 6) is 0.988. The molecule has 1 rings (SSSR count). The Balaban J connectivity index is 3.21. The van der Waals surface area contributed by atoms with E-state index >= 15 is 0 Å². The standard InChI is InChI=1S/C14H28O/c1-10-8-9-11(2)14(15,12(3,4)5)13(10,6)7/h10-11,15H,8-9H2,1-7H3. The summed E-state index contributed by atoms with van der Waals surface area (Å²) >= 11 is 0. The molecule has 0 radical (unpaired) electrons. The molecule has 0 bridgehead atoms. The molecule has 0 saturated heterocycles. The minimum Gasteiger partial charge on any atom is -0.388 e. The lowest BCUT2D eigenvalue weighted by molar-refractivity contribution is -0.215. The first kappa shape index (κ1) is 13.0. The number of rotatable bonds is 0. The van der Waals surface area contributed by atoms with Crippen molar-refractivity contribution in [1.29, 1.82) is 0 Å². The third-order valence-corrected chi connectivity index (χ3v) is 5.10. The molecule has 0 aromatic rings. The van der Waals surface area contributed by atoms with E-state index in [0.717, 1.165) is 6.42 Å². The van der Waals surface area contributed by atoms with Crippen LogP contribution < -0.4 is 0 Å². The number of aliphatic hydroxyl groups is 1. The summed E-state index contributed by atoms with van der Waals surface area (Å²) < 4.78 is 0. The van der Waals surface area contributed by atoms with Crippen LogP contribution in [-0.4, -0.2) is 10.7 Å². The monoisotopic (exact) mass is 212 g/mol. The highest BCUT2D eigenvalue weighted by molar-refractivity contribution is 5.08. The van der Waals surface area contributed by atoms with Crippen molar-refractivity contribution in [3.05, 3.63) is 0 Å². The lowest BCUT2D eigenvalue weighted by atomic mass is 9.49. The highest BCUT2D eigenvalue weighted by atomic mass is 16.3. The van der Waals surface area contributed by atoms with E-state index in [9.17, 15) is 5.11 Å². The van der Waals surface area contributed by atoms with Gasteiger partial charge in [0, 0.05) is 0 Å². The summed E-state index contributed by atoms with van der Waals surface area (Å²) in [4.78, 5) is 0. The normalized spacial score (nSPS) is 41.6. The second-order valence-electron chi connectivity index (χ2n) is 7.12. The van der Waals surface area contributed by atoms with Crippen LogP contribution in [0, 0.1) is 22.7 Å². The third kappa shape index (κ3) is 1.63. The quantitative estimate of drug-likeness (QED) is 0.646. The maximum Gasteiger partial charge on any atom is 0.0774 e. The van der Waals surface area contributed by atoms with Gasteiger partial charge in [0.1, 0.15) is 0 Å². The Morgan fingerprint density at radius 2 is 1.40 bits per heavy atom. The molecule has 0 aromatic carbocycles. The Morgan fingerprint density at radius 3 is 1.73 bits per heavy atom. The second-order valence-corrected chi connectivity index (χ2v) is 7.12. The molecule has 15 heavy (non-hydrogen) atoms. The van der Waals surface area contributed by atoms with Gasteiger partial charge in [-0.05, 0) is 35.5 Å². The zero-order chi connectivity index (χ0) is 12.1. The molecular weight excluding hydrogens is 184 g/mol. The van der Waals surface area contributed by atoms with Crippen LogP contribution in [-0.2, 0) is 0 Å². The molecule has 1 nitrogen and oxygen atoms in total. The van der Waals surface area contributed by atoms with Gasteiger partial charge in [0.2, 0.25) is 0 Å². The average molecular weight is 212 g/mol. The molecule has 1 aliphatic rings. The molecule has 0 aliphatic heterocycles.